The lowest BCUT2D eigenvalue weighted by Crippen LogP contribution is -2.21. The second-order valence-electron chi connectivity index (χ2n) is 6.77. The van der Waals surface area contributed by atoms with Gasteiger partial charge in [-0.1, -0.05) is 12.1 Å². The van der Waals surface area contributed by atoms with E-state index in [0.717, 1.165) is 5.56 Å². The molecule has 1 atom stereocenters. The molecule has 1 unspecified atom stereocenters. The van der Waals surface area contributed by atoms with E-state index in [1.807, 2.05) is 6.07 Å². The second-order valence-corrected chi connectivity index (χ2v) is 6.77. The summed E-state index contributed by atoms with van der Waals surface area (Å²) in [6.07, 6.45) is 0.563. The van der Waals surface area contributed by atoms with Gasteiger partial charge >= 0.3 is 0 Å². The van der Waals surface area contributed by atoms with Gasteiger partial charge in [0, 0.05) is 11.8 Å². The molecule has 3 heterocycles. The van der Waals surface area contributed by atoms with Crippen LogP contribution in [0.3, 0.4) is 0 Å². The highest BCUT2D eigenvalue weighted by Gasteiger charge is 2.19. The number of amides is 1. The normalized spacial score (nSPS) is 12.0. The number of aliphatic hydroxyl groups is 2. The molecule has 3 aromatic heterocycles. The number of carbonyl (C=O) groups is 1. The number of anilines is 1. The van der Waals surface area contributed by atoms with Crippen LogP contribution < -0.4 is 10.1 Å². The van der Waals surface area contributed by atoms with E-state index in [4.69, 9.17) is 9.84 Å². The molecule has 0 saturated heterocycles. The second kappa shape index (κ2) is 8.86. The summed E-state index contributed by atoms with van der Waals surface area (Å²) in [5, 5.41) is 33.3. The van der Waals surface area contributed by atoms with E-state index >= 15 is 0 Å². The van der Waals surface area contributed by atoms with Crippen molar-refractivity contribution in [1.29, 1.82) is 0 Å². The molecule has 0 radical (unpaired) electrons. The molecule has 0 aliphatic rings. The zero-order valence-corrected chi connectivity index (χ0v) is 16.6. The Hall–Kier alpha value is -3.89. The zero-order chi connectivity index (χ0) is 21.8. The van der Waals surface area contributed by atoms with E-state index in [-0.39, 0.29) is 13.2 Å². The molecular formula is C21H20N6O4. The number of aryl methyl sites for hydroxylation is 1. The highest BCUT2D eigenvalue weighted by Crippen LogP contribution is 2.24. The predicted octanol–water partition coefficient (Wildman–Crippen LogP) is 1.48. The Kier molecular flexibility index (Phi) is 5.83. The van der Waals surface area contributed by atoms with Crippen molar-refractivity contribution in [3.05, 3.63) is 66.1 Å². The Morgan fingerprint density at radius 1 is 1.23 bits per heavy atom. The molecule has 31 heavy (non-hydrogen) atoms. The molecule has 1 aromatic carbocycles. The van der Waals surface area contributed by atoms with Crippen LogP contribution >= 0.6 is 0 Å². The molecule has 0 bridgehead atoms. The molecule has 158 valence electrons. The molecule has 10 heteroatoms. The van der Waals surface area contributed by atoms with Crippen molar-refractivity contribution in [2.45, 2.75) is 13.0 Å². The Balaban J connectivity index is 1.65. The number of fused-ring (bicyclic) bond motifs is 1. The van der Waals surface area contributed by atoms with Gasteiger partial charge < -0.3 is 20.3 Å². The summed E-state index contributed by atoms with van der Waals surface area (Å²) in [6.45, 7) is 1.33. The number of rotatable bonds is 7. The highest BCUT2D eigenvalue weighted by atomic mass is 16.5. The van der Waals surface area contributed by atoms with Crippen molar-refractivity contribution in [2.24, 2.45) is 0 Å². The predicted molar refractivity (Wildman–Crippen MR) is 112 cm³/mol. The third kappa shape index (κ3) is 4.49. The van der Waals surface area contributed by atoms with Crippen LogP contribution in [0.1, 0.15) is 16.2 Å². The first-order valence-corrected chi connectivity index (χ1v) is 9.53. The number of benzene rings is 1. The average Bonchev–Trinajstić information content (AvgIpc) is 3.13. The summed E-state index contributed by atoms with van der Waals surface area (Å²) < 4.78 is 6.99. The smallest absolute Gasteiger partial charge is 0.277 e. The topological polar surface area (TPSA) is 135 Å². The van der Waals surface area contributed by atoms with E-state index in [9.17, 15) is 9.90 Å². The van der Waals surface area contributed by atoms with E-state index in [0.29, 0.717) is 34.3 Å². The van der Waals surface area contributed by atoms with Crippen LogP contribution in [0.25, 0.3) is 16.9 Å². The number of ether oxygens (including phenoxy) is 1. The standard InChI is InChI=1S/C21H20N6O4/c1-13-20(21(30)24-18-6-3-9-22-25-18)27-19(23-13)8-7-17(26-27)14-4-2-5-16(10-14)31-12-15(29)11-28/h2-10,15,28-29H,11-12H2,1H3,(H,24,25,30). The van der Waals surface area contributed by atoms with Gasteiger partial charge in [-0.3, -0.25) is 4.79 Å². The molecule has 4 aromatic rings. The number of nitrogens with one attached hydrogen (secondary N) is 1. The van der Waals surface area contributed by atoms with Crippen molar-refractivity contribution in [1.82, 2.24) is 24.8 Å². The van der Waals surface area contributed by atoms with Gasteiger partial charge in [-0.2, -0.15) is 10.2 Å². The molecular weight excluding hydrogens is 400 g/mol. The quantitative estimate of drug-likeness (QED) is 0.409. The van der Waals surface area contributed by atoms with Crippen LogP contribution in [0, 0.1) is 6.92 Å². The number of hydrogen-bond acceptors (Lipinski definition) is 8. The maximum absolute atomic E-state index is 12.8. The van der Waals surface area contributed by atoms with E-state index < -0.39 is 12.0 Å². The van der Waals surface area contributed by atoms with Crippen molar-refractivity contribution in [2.75, 3.05) is 18.5 Å². The SMILES string of the molecule is Cc1nc2ccc(-c3cccc(OCC(O)CO)c3)nn2c1C(=O)Nc1cccnn1. The van der Waals surface area contributed by atoms with Crippen LogP contribution in [-0.2, 0) is 0 Å². The first kappa shape index (κ1) is 20.4. The van der Waals surface area contributed by atoms with Crippen LogP contribution in [0.2, 0.25) is 0 Å². The molecule has 0 saturated carbocycles. The third-order valence-electron chi connectivity index (χ3n) is 4.46. The van der Waals surface area contributed by atoms with Crippen molar-refractivity contribution < 1.29 is 19.7 Å². The Bertz CT molecular complexity index is 1210. The van der Waals surface area contributed by atoms with Gasteiger partial charge in [-0.25, -0.2) is 9.50 Å². The van der Waals surface area contributed by atoms with Gasteiger partial charge in [-0.05, 0) is 43.3 Å². The fourth-order valence-corrected chi connectivity index (χ4v) is 2.99. The molecule has 4 rings (SSSR count). The average molecular weight is 420 g/mol. The van der Waals surface area contributed by atoms with Crippen LogP contribution in [0.4, 0.5) is 5.82 Å². The zero-order valence-electron chi connectivity index (χ0n) is 16.6. The Labute approximate surface area is 177 Å². The van der Waals surface area contributed by atoms with Gasteiger partial charge in [0.25, 0.3) is 5.91 Å². The number of imidazole rings is 1. The fraction of sp³-hybridized carbons (Fsp3) is 0.190. The molecule has 0 spiro atoms. The molecule has 1 amide bonds. The summed E-state index contributed by atoms with van der Waals surface area (Å²) in [4.78, 5) is 17.3. The maximum Gasteiger partial charge on any atom is 0.277 e. The summed E-state index contributed by atoms with van der Waals surface area (Å²) >= 11 is 0. The van der Waals surface area contributed by atoms with Gasteiger partial charge in [0.15, 0.2) is 17.2 Å². The third-order valence-corrected chi connectivity index (χ3v) is 4.46. The molecule has 0 aliphatic heterocycles. The fourth-order valence-electron chi connectivity index (χ4n) is 2.99. The minimum absolute atomic E-state index is 0.0279. The summed E-state index contributed by atoms with van der Waals surface area (Å²) in [6, 6.07) is 14.0. The maximum atomic E-state index is 12.8. The van der Waals surface area contributed by atoms with Crippen molar-refractivity contribution >= 4 is 17.4 Å². The highest BCUT2D eigenvalue weighted by molar-refractivity contribution is 6.03. The minimum atomic E-state index is -0.956. The van der Waals surface area contributed by atoms with Gasteiger partial charge in [-0.15, -0.1) is 5.10 Å². The summed E-state index contributed by atoms with van der Waals surface area (Å²) in [5.74, 6) is 0.451. The first-order valence-electron chi connectivity index (χ1n) is 9.53. The number of hydrogen-bond donors (Lipinski definition) is 3. The van der Waals surface area contributed by atoms with Gasteiger partial charge in [0.05, 0.1) is 18.0 Å². The lowest BCUT2D eigenvalue weighted by molar-refractivity contribution is 0.0536. The van der Waals surface area contributed by atoms with Crippen LogP contribution in [0.5, 0.6) is 5.75 Å². The van der Waals surface area contributed by atoms with E-state index in [2.05, 4.69) is 25.6 Å². The van der Waals surface area contributed by atoms with Crippen molar-refractivity contribution in [3.63, 3.8) is 0 Å². The number of nitrogens with zero attached hydrogens (tertiary/aromatic N) is 5. The van der Waals surface area contributed by atoms with E-state index in [1.54, 1.807) is 49.4 Å². The van der Waals surface area contributed by atoms with Gasteiger partial charge in [0.2, 0.25) is 0 Å². The Morgan fingerprint density at radius 3 is 2.87 bits per heavy atom. The first-order chi connectivity index (χ1) is 15.0. The molecule has 0 fully saturated rings. The van der Waals surface area contributed by atoms with Gasteiger partial charge in [0.1, 0.15) is 18.5 Å². The van der Waals surface area contributed by atoms with E-state index in [1.165, 1.54) is 10.7 Å². The molecule has 3 N–H and O–H groups in total. The minimum Gasteiger partial charge on any atom is -0.491 e. The number of aliphatic hydroxyl groups excluding tert-OH is 2. The van der Waals surface area contributed by atoms with Crippen molar-refractivity contribution in [3.8, 4) is 17.0 Å². The lowest BCUT2D eigenvalue weighted by Gasteiger charge is -2.11. The monoisotopic (exact) mass is 420 g/mol. The van der Waals surface area contributed by atoms with Crippen LogP contribution in [-0.4, -0.2) is 60.2 Å². The largest absolute Gasteiger partial charge is 0.491 e. The summed E-state index contributed by atoms with van der Waals surface area (Å²) in [7, 11) is 0. The number of carbonyl (C=O) groups excluding carboxylic acids is 1. The molecule has 10 nitrogen and oxygen atoms in total. The lowest BCUT2D eigenvalue weighted by atomic mass is 10.1. The Morgan fingerprint density at radius 2 is 2.10 bits per heavy atom. The van der Waals surface area contributed by atoms with Crippen LogP contribution in [0.15, 0.2) is 54.7 Å². The molecule has 0 aliphatic carbocycles. The summed E-state index contributed by atoms with van der Waals surface area (Å²) in [5.41, 5.74) is 2.71. The number of aromatic nitrogens is 5.